The molecule has 0 radical (unpaired) electrons. The fourth-order valence-corrected chi connectivity index (χ4v) is 2.15. The van der Waals surface area contributed by atoms with Crippen LogP contribution in [0, 0.1) is 32.1 Å². The maximum Gasteiger partial charge on any atom is 0.273 e. The van der Waals surface area contributed by atoms with Crippen LogP contribution in [0.15, 0.2) is 29.2 Å². The zero-order chi connectivity index (χ0) is 14.2. The van der Waals surface area contributed by atoms with Gasteiger partial charge in [-0.2, -0.15) is 5.26 Å². The molecular weight excluding hydrogens is 260 g/mol. The zero-order valence-corrected chi connectivity index (χ0v) is 11.7. The van der Waals surface area contributed by atoms with E-state index in [2.05, 4.69) is 0 Å². The molecule has 0 aliphatic rings. The Bertz CT molecular complexity index is 754. The molecule has 1 heterocycles. The molecule has 0 atom stereocenters. The van der Waals surface area contributed by atoms with Gasteiger partial charge in [-0.15, -0.1) is 0 Å². The molecule has 0 fully saturated rings. The molecule has 0 aliphatic heterocycles. The SMILES string of the molecule is Cc1ccc(Cl)cc1-n1cc(C)c(C)c(C#N)c1=O. The molecular formula is C15H13ClN2O. The summed E-state index contributed by atoms with van der Waals surface area (Å²) in [6.07, 6.45) is 1.75. The smallest absolute Gasteiger partial charge is 0.273 e. The summed E-state index contributed by atoms with van der Waals surface area (Å²) in [5.41, 5.74) is 3.13. The van der Waals surface area contributed by atoms with Crippen LogP contribution in [0.25, 0.3) is 5.69 Å². The van der Waals surface area contributed by atoms with Crippen LogP contribution in [0.1, 0.15) is 22.3 Å². The monoisotopic (exact) mass is 272 g/mol. The first-order valence-corrected chi connectivity index (χ1v) is 6.23. The second-order valence-electron chi connectivity index (χ2n) is 4.53. The molecule has 0 bridgehead atoms. The van der Waals surface area contributed by atoms with Crippen LogP contribution < -0.4 is 5.56 Å². The molecule has 0 unspecified atom stereocenters. The summed E-state index contributed by atoms with van der Waals surface area (Å²) < 4.78 is 1.49. The van der Waals surface area contributed by atoms with Crippen molar-refractivity contribution in [3.63, 3.8) is 0 Å². The number of nitriles is 1. The van der Waals surface area contributed by atoms with E-state index in [4.69, 9.17) is 16.9 Å². The molecule has 1 aromatic carbocycles. The number of benzene rings is 1. The van der Waals surface area contributed by atoms with Gasteiger partial charge in [0.05, 0.1) is 5.69 Å². The van der Waals surface area contributed by atoms with Crippen molar-refractivity contribution in [2.24, 2.45) is 0 Å². The third-order valence-electron chi connectivity index (χ3n) is 3.26. The predicted octanol–water partition coefficient (Wildman–Crippen LogP) is 3.29. The Morgan fingerprint density at radius 3 is 2.53 bits per heavy atom. The van der Waals surface area contributed by atoms with Crippen molar-refractivity contribution in [1.82, 2.24) is 4.57 Å². The Kier molecular flexibility index (Phi) is 3.46. The first-order valence-electron chi connectivity index (χ1n) is 5.85. The first kappa shape index (κ1) is 13.4. The number of aromatic nitrogens is 1. The predicted molar refractivity (Wildman–Crippen MR) is 76.0 cm³/mol. The lowest BCUT2D eigenvalue weighted by Gasteiger charge is -2.13. The number of pyridine rings is 1. The molecule has 0 saturated carbocycles. The minimum atomic E-state index is -0.309. The van der Waals surface area contributed by atoms with Gasteiger partial charge in [-0.05, 0) is 49.6 Å². The van der Waals surface area contributed by atoms with Gasteiger partial charge < -0.3 is 0 Å². The number of nitrogens with zero attached hydrogens (tertiary/aromatic N) is 2. The largest absolute Gasteiger partial charge is 0.283 e. The van der Waals surface area contributed by atoms with Crippen molar-refractivity contribution < 1.29 is 0 Å². The van der Waals surface area contributed by atoms with E-state index in [1.165, 1.54) is 4.57 Å². The number of hydrogen-bond acceptors (Lipinski definition) is 2. The lowest BCUT2D eigenvalue weighted by Crippen LogP contribution is -2.23. The number of halogens is 1. The van der Waals surface area contributed by atoms with Crippen molar-refractivity contribution in [3.8, 4) is 11.8 Å². The zero-order valence-electron chi connectivity index (χ0n) is 11.0. The van der Waals surface area contributed by atoms with E-state index in [1.807, 2.05) is 26.0 Å². The molecule has 0 N–H and O–H groups in total. The fourth-order valence-electron chi connectivity index (χ4n) is 1.98. The maximum atomic E-state index is 12.3. The summed E-state index contributed by atoms with van der Waals surface area (Å²) in [5.74, 6) is 0. The van der Waals surface area contributed by atoms with E-state index >= 15 is 0 Å². The van der Waals surface area contributed by atoms with E-state index < -0.39 is 0 Å². The van der Waals surface area contributed by atoms with E-state index in [9.17, 15) is 4.79 Å². The van der Waals surface area contributed by atoms with E-state index in [1.54, 1.807) is 25.3 Å². The number of hydrogen-bond donors (Lipinski definition) is 0. The Morgan fingerprint density at radius 1 is 1.21 bits per heavy atom. The minimum Gasteiger partial charge on any atom is -0.283 e. The summed E-state index contributed by atoms with van der Waals surface area (Å²) in [6, 6.07) is 7.34. The van der Waals surface area contributed by atoms with Gasteiger partial charge in [0.25, 0.3) is 5.56 Å². The van der Waals surface area contributed by atoms with Crippen LogP contribution >= 0.6 is 11.6 Å². The van der Waals surface area contributed by atoms with Gasteiger partial charge in [0.2, 0.25) is 0 Å². The summed E-state index contributed by atoms with van der Waals surface area (Å²) >= 11 is 5.98. The Balaban J connectivity index is 2.85. The number of aryl methyl sites for hydroxylation is 2. The quantitative estimate of drug-likeness (QED) is 0.800. The first-order chi connectivity index (χ1) is 8.95. The van der Waals surface area contributed by atoms with Gasteiger partial charge in [-0.1, -0.05) is 17.7 Å². The van der Waals surface area contributed by atoms with Gasteiger partial charge in [0.1, 0.15) is 11.6 Å². The van der Waals surface area contributed by atoms with Crippen LogP contribution in [0.4, 0.5) is 0 Å². The molecule has 0 aliphatic carbocycles. The highest BCUT2D eigenvalue weighted by molar-refractivity contribution is 6.30. The van der Waals surface area contributed by atoms with E-state index in [0.29, 0.717) is 10.7 Å². The van der Waals surface area contributed by atoms with Crippen molar-refractivity contribution in [2.45, 2.75) is 20.8 Å². The highest BCUT2D eigenvalue weighted by Gasteiger charge is 2.12. The molecule has 2 rings (SSSR count). The molecule has 0 amide bonds. The molecule has 0 saturated heterocycles. The minimum absolute atomic E-state index is 0.180. The summed E-state index contributed by atoms with van der Waals surface area (Å²) in [7, 11) is 0. The van der Waals surface area contributed by atoms with Crippen LogP contribution in [0.3, 0.4) is 0 Å². The van der Waals surface area contributed by atoms with Gasteiger partial charge in [0.15, 0.2) is 0 Å². The summed E-state index contributed by atoms with van der Waals surface area (Å²) in [4.78, 5) is 12.3. The second kappa shape index (κ2) is 4.91. The van der Waals surface area contributed by atoms with Gasteiger partial charge in [-0.25, -0.2) is 0 Å². The van der Waals surface area contributed by atoms with Crippen molar-refractivity contribution >= 4 is 11.6 Å². The molecule has 4 heteroatoms. The average molecular weight is 273 g/mol. The van der Waals surface area contributed by atoms with Crippen LogP contribution in [-0.2, 0) is 0 Å². The van der Waals surface area contributed by atoms with Crippen LogP contribution in [-0.4, -0.2) is 4.57 Å². The molecule has 0 spiro atoms. The molecule has 3 nitrogen and oxygen atoms in total. The third kappa shape index (κ3) is 2.27. The van der Waals surface area contributed by atoms with Gasteiger partial charge in [-0.3, -0.25) is 9.36 Å². The Labute approximate surface area is 116 Å². The van der Waals surface area contributed by atoms with Crippen molar-refractivity contribution in [2.75, 3.05) is 0 Å². The number of rotatable bonds is 1. The summed E-state index contributed by atoms with van der Waals surface area (Å²) in [5, 5.41) is 9.69. The summed E-state index contributed by atoms with van der Waals surface area (Å²) in [6.45, 7) is 5.57. The lowest BCUT2D eigenvalue weighted by molar-refractivity contribution is 0.947. The molecule has 1 aromatic heterocycles. The normalized spacial score (nSPS) is 10.3. The average Bonchev–Trinajstić information content (AvgIpc) is 2.38. The molecule has 2 aromatic rings. The Morgan fingerprint density at radius 2 is 1.89 bits per heavy atom. The fraction of sp³-hybridized carbons (Fsp3) is 0.200. The standard InChI is InChI=1S/C15H13ClN2O/c1-9-4-5-12(16)6-14(9)18-8-10(2)11(3)13(7-17)15(18)19/h4-6,8H,1-3H3. The topological polar surface area (TPSA) is 45.8 Å². The molecule has 19 heavy (non-hydrogen) atoms. The Hall–Kier alpha value is -2.05. The highest BCUT2D eigenvalue weighted by Crippen LogP contribution is 2.19. The van der Waals surface area contributed by atoms with Gasteiger partial charge >= 0.3 is 0 Å². The second-order valence-corrected chi connectivity index (χ2v) is 4.97. The van der Waals surface area contributed by atoms with Gasteiger partial charge in [0, 0.05) is 11.2 Å². The maximum absolute atomic E-state index is 12.3. The third-order valence-corrected chi connectivity index (χ3v) is 3.50. The van der Waals surface area contributed by atoms with Crippen LogP contribution in [0.2, 0.25) is 5.02 Å². The lowest BCUT2D eigenvalue weighted by atomic mass is 10.1. The van der Waals surface area contributed by atoms with Crippen LogP contribution in [0.5, 0.6) is 0 Å². The van der Waals surface area contributed by atoms with Crippen molar-refractivity contribution in [3.05, 3.63) is 62.0 Å². The van der Waals surface area contributed by atoms with E-state index in [0.717, 1.165) is 16.7 Å². The van der Waals surface area contributed by atoms with Crippen molar-refractivity contribution in [1.29, 1.82) is 5.26 Å². The highest BCUT2D eigenvalue weighted by atomic mass is 35.5. The molecule has 96 valence electrons. The van der Waals surface area contributed by atoms with E-state index in [-0.39, 0.29) is 11.1 Å².